The lowest BCUT2D eigenvalue weighted by Gasteiger charge is -2.09. The van der Waals surface area contributed by atoms with E-state index >= 15 is 0 Å². The van der Waals surface area contributed by atoms with Gasteiger partial charge in [-0.25, -0.2) is 9.07 Å². The Morgan fingerprint density at radius 3 is 2.70 bits per heavy atom. The molecular formula is C22H19FN4O2S. The Hall–Kier alpha value is -3.52. The SMILES string of the molecule is CC(C)Oc1nc(-c2cccs2)n(-c2cccc(NC(=O)c3cccc(F)c3)c2)n1. The van der Waals surface area contributed by atoms with Crippen LogP contribution in [0.4, 0.5) is 10.1 Å². The van der Waals surface area contributed by atoms with Crippen LogP contribution < -0.4 is 10.1 Å². The van der Waals surface area contributed by atoms with Crippen molar-refractivity contribution in [3.8, 4) is 22.4 Å². The van der Waals surface area contributed by atoms with Crippen molar-refractivity contribution in [1.29, 1.82) is 0 Å². The van der Waals surface area contributed by atoms with E-state index < -0.39 is 11.7 Å². The van der Waals surface area contributed by atoms with Crippen LogP contribution in [0, 0.1) is 5.82 Å². The predicted octanol–water partition coefficient (Wildman–Crippen LogP) is 5.17. The predicted molar refractivity (Wildman–Crippen MR) is 115 cm³/mol. The van der Waals surface area contributed by atoms with Crippen LogP contribution in [0.3, 0.4) is 0 Å². The maximum Gasteiger partial charge on any atom is 0.336 e. The monoisotopic (exact) mass is 422 g/mol. The minimum absolute atomic E-state index is 0.0612. The summed E-state index contributed by atoms with van der Waals surface area (Å²) in [6.45, 7) is 3.82. The average molecular weight is 422 g/mol. The molecule has 30 heavy (non-hydrogen) atoms. The summed E-state index contributed by atoms with van der Waals surface area (Å²) < 4.78 is 20.8. The van der Waals surface area contributed by atoms with E-state index in [1.807, 2.05) is 37.4 Å². The summed E-state index contributed by atoms with van der Waals surface area (Å²) in [6, 6.07) is 16.9. The topological polar surface area (TPSA) is 69.0 Å². The highest BCUT2D eigenvalue weighted by Gasteiger charge is 2.17. The molecule has 1 N–H and O–H groups in total. The molecule has 0 bridgehead atoms. The van der Waals surface area contributed by atoms with E-state index in [0.717, 1.165) is 4.88 Å². The Morgan fingerprint density at radius 1 is 1.13 bits per heavy atom. The molecule has 2 heterocycles. The number of rotatable bonds is 6. The van der Waals surface area contributed by atoms with Crippen molar-refractivity contribution in [1.82, 2.24) is 14.8 Å². The zero-order valence-corrected chi connectivity index (χ0v) is 17.2. The van der Waals surface area contributed by atoms with Gasteiger partial charge in [-0.2, -0.15) is 4.98 Å². The molecule has 152 valence electrons. The minimum atomic E-state index is -0.461. The second-order valence-corrected chi connectivity index (χ2v) is 7.74. The average Bonchev–Trinajstić information content (AvgIpc) is 3.37. The molecule has 0 radical (unpaired) electrons. The van der Waals surface area contributed by atoms with Gasteiger partial charge >= 0.3 is 6.01 Å². The fourth-order valence-corrected chi connectivity index (χ4v) is 3.55. The van der Waals surface area contributed by atoms with Gasteiger partial charge in [-0.05, 0) is 61.7 Å². The van der Waals surface area contributed by atoms with Gasteiger partial charge in [0, 0.05) is 11.3 Å². The van der Waals surface area contributed by atoms with Gasteiger partial charge in [-0.15, -0.1) is 16.4 Å². The summed E-state index contributed by atoms with van der Waals surface area (Å²) in [5, 5.41) is 9.25. The number of ether oxygens (including phenoxy) is 1. The third kappa shape index (κ3) is 4.38. The molecule has 8 heteroatoms. The summed E-state index contributed by atoms with van der Waals surface area (Å²) in [5.74, 6) is -0.209. The molecule has 4 aromatic rings. The van der Waals surface area contributed by atoms with Crippen LogP contribution >= 0.6 is 11.3 Å². The molecule has 0 fully saturated rings. The molecule has 0 aliphatic carbocycles. The number of nitrogens with zero attached hydrogens (tertiary/aromatic N) is 3. The third-order valence-electron chi connectivity index (χ3n) is 4.11. The first-order valence-electron chi connectivity index (χ1n) is 9.34. The van der Waals surface area contributed by atoms with Crippen LogP contribution in [-0.2, 0) is 0 Å². The van der Waals surface area contributed by atoms with E-state index in [9.17, 15) is 9.18 Å². The molecule has 0 atom stereocenters. The number of aromatic nitrogens is 3. The number of thiophene rings is 1. The number of carbonyl (C=O) groups is 1. The van der Waals surface area contributed by atoms with E-state index in [1.165, 1.54) is 18.2 Å². The zero-order chi connectivity index (χ0) is 21.1. The molecule has 0 saturated heterocycles. The Labute approximate surface area is 177 Å². The smallest absolute Gasteiger partial charge is 0.336 e. The van der Waals surface area contributed by atoms with E-state index in [4.69, 9.17) is 4.74 Å². The van der Waals surface area contributed by atoms with Crippen LogP contribution in [0.2, 0.25) is 0 Å². The normalized spacial score (nSPS) is 10.9. The maximum absolute atomic E-state index is 13.4. The summed E-state index contributed by atoms with van der Waals surface area (Å²) in [7, 11) is 0. The summed E-state index contributed by atoms with van der Waals surface area (Å²) in [4.78, 5) is 17.9. The Balaban J connectivity index is 1.66. The molecular weight excluding hydrogens is 403 g/mol. The Bertz CT molecular complexity index is 1170. The van der Waals surface area contributed by atoms with Crippen LogP contribution in [0.25, 0.3) is 16.4 Å². The molecule has 0 unspecified atom stereocenters. The number of halogens is 1. The van der Waals surface area contributed by atoms with Crippen molar-refractivity contribution < 1.29 is 13.9 Å². The lowest BCUT2D eigenvalue weighted by atomic mass is 10.2. The highest BCUT2D eigenvalue weighted by Crippen LogP contribution is 2.28. The first kappa shape index (κ1) is 19.8. The number of benzene rings is 2. The van der Waals surface area contributed by atoms with Crippen molar-refractivity contribution >= 4 is 22.9 Å². The number of nitrogens with one attached hydrogen (secondary N) is 1. The molecule has 4 rings (SSSR count). The standard InChI is InChI=1S/C22H19FN4O2S/c1-14(2)29-22-25-20(19-10-5-11-30-19)27(26-22)18-9-4-8-17(13-18)24-21(28)15-6-3-7-16(23)12-15/h3-14H,1-2H3,(H,24,28). The van der Waals surface area contributed by atoms with Crippen molar-refractivity contribution in [2.24, 2.45) is 0 Å². The van der Waals surface area contributed by atoms with Crippen LogP contribution in [0.1, 0.15) is 24.2 Å². The first-order chi connectivity index (χ1) is 14.5. The summed E-state index contributed by atoms with van der Waals surface area (Å²) >= 11 is 1.55. The van der Waals surface area contributed by atoms with Crippen molar-refractivity contribution in [3.63, 3.8) is 0 Å². The molecule has 0 aliphatic heterocycles. The zero-order valence-electron chi connectivity index (χ0n) is 16.4. The number of anilines is 1. The second kappa shape index (κ2) is 8.46. The van der Waals surface area contributed by atoms with Gasteiger partial charge in [0.1, 0.15) is 5.82 Å². The van der Waals surface area contributed by atoms with Crippen molar-refractivity contribution in [2.45, 2.75) is 20.0 Å². The maximum atomic E-state index is 13.4. The van der Waals surface area contributed by atoms with Crippen LogP contribution in [0.15, 0.2) is 66.0 Å². The van der Waals surface area contributed by atoms with E-state index in [2.05, 4.69) is 15.4 Å². The first-order valence-corrected chi connectivity index (χ1v) is 10.2. The minimum Gasteiger partial charge on any atom is -0.460 e. The molecule has 0 spiro atoms. The number of carbonyl (C=O) groups excluding carboxylic acids is 1. The van der Waals surface area contributed by atoms with Gasteiger partial charge in [0.15, 0.2) is 5.82 Å². The molecule has 0 saturated carbocycles. The van der Waals surface area contributed by atoms with Gasteiger partial charge in [-0.1, -0.05) is 18.2 Å². The summed E-state index contributed by atoms with van der Waals surface area (Å²) in [6.07, 6.45) is -0.0612. The highest BCUT2D eigenvalue weighted by atomic mass is 32.1. The molecule has 2 aromatic carbocycles. The van der Waals surface area contributed by atoms with E-state index in [-0.39, 0.29) is 17.7 Å². The lowest BCUT2D eigenvalue weighted by molar-refractivity contribution is 0.102. The van der Waals surface area contributed by atoms with E-state index in [0.29, 0.717) is 17.2 Å². The Morgan fingerprint density at radius 2 is 1.97 bits per heavy atom. The molecule has 1 amide bonds. The summed E-state index contributed by atoms with van der Waals surface area (Å²) in [5.41, 5.74) is 1.51. The molecule has 6 nitrogen and oxygen atoms in total. The third-order valence-corrected chi connectivity index (χ3v) is 4.97. The quantitative estimate of drug-likeness (QED) is 0.465. The van der Waals surface area contributed by atoms with Crippen LogP contribution in [0.5, 0.6) is 6.01 Å². The van der Waals surface area contributed by atoms with Crippen molar-refractivity contribution in [2.75, 3.05) is 5.32 Å². The van der Waals surface area contributed by atoms with Gasteiger partial charge in [0.25, 0.3) is 5.91 Å². The second-order valence-electron chi connectivity index (χ2n) is 6.79. The number of hydrogen-bond acceptors (Lipinski definition) is 5. The molecule has 0 aliphatic rings. The highest BCUT2D eigenvalue weighted by molar-refractivity contribution is 7.13. The van der Waals surface area contributed by atoms with Gasteiger partial charge < -0.3 is 10.1 Å². The van der Waals surface area contributed by atoms with Crippen LogP contribution in [-0.4, -0.2) is 26.8 Å². The van der Waals surface area contributed by atoms with Gasteiger partial charge in [-0.3, -0.25) is 4.79 Å². The largest absolute Gasteiger partial charge is 0.460 e. The fourth-order valence-electron chi connectivity index (χ4n) is 2.85. The number of amides is 1. The number of hydrogen-bond donors (Lipinski definition) is 1. The Kier molecular flexibility index (Phi) is 5.58. The lowest BCUT2D eigenvalue weighted by Crippen LogP contribution is -2.12. The van der Waals surface area contributed by atoms with Crippen molar-refractivity contribution in [3.05, 3.63) is 77.4 Å². The van der Waals surface area contributed by atoms with Gasteiger partial charge in [0.05, 0.1) is 16.7 Å². The van der Waals surface area contributed by atoms with E-state index in [1.54, 1.807) is 40.3 Å². The molecule has 2 aromatic heterocycles. The fraction of sp³-hybridized carbons (Fsp3) is 0.136. The van der Waals surface area contributed by atoms with Gasteiger partial charge in [0.2, 0.25) is 0 Å².